The van der Waals surface area contributed by atoms with E-state index in [4.69, 9.17) is 14.3 Å². The van der Waals surface area contributed by atoms with Gasteiger partial charge in [-0.3, -0.25) is 9.69 Å². The van der Waals surface area contributed by atoms with Crippen LogP contribution in [0.15, 0.2) is 30.3 Å². The predicted octanol–water partition coefficient (Wildman–Crippen LogP) is 0.951. The topological polar surface area (TPSA) is 126 Å². The molecule has 2 aliphatic heterocycles. The lowest BCUT2D eigenvalue weighted by Crippen LogP contribution is -2.63. The van der Waals surface area contributed by atoms with Gasteiger partial charge in [0.2, 0.25) is 5.91 Å². The Morgan fingerprint density at radius 3 is 2.52 bits per heavy atom. The van der Waals surface area contributed by atoms with E-state index in [-0.39, 0.29) is 26.0 Å². The van der Waals surface area contributed by atoms with Crippen LogP contribution in [0.25, 0.3) is 0 Å². The number of rotatable bonds is 4. The number of esters is 1. The molecule has 0 radical (unpaired) electrons. The Kier molecular flexibility index (Phi) is 6.83. The Balaban J connectivity index is 1.72. The fraction of sp³-hybridized carbons (Fsp3) is 0.571. The van der Waals surface area contributed by atoms with Crippen LogP contribution in [-0.4, -0.2) is 74.8 Å². The molecule has 2 N–H and O–H groups in total. The number of β-amino-alcohol motifs (C(OH)–C–C–N with tert-alkyl or cyclic N) is 1. The Morgan fingerprint density at radius 2 is 1.87 bits per heavy atom. The van der Waals surface area contributed by atoms with Gasteiger partial charge in [-0.15, -0.1) is 0 Å². The lowest BCUT2D eigenvalue weighted by Gasteiger charge is -2.43. The molecule has 31 heavy (non-hydrogen) atoms. The Morgan fingerprint density at radius 1 is 1.19 bits per heavy atom. The molecule has 0 aliphatic carbocycles. The van der Waals surface area contributed by atoms with Crippen molar-refractivity contribution in [2.75, 3.05) is 6.54 Å². The maximum atomic E-state index is 12.6. The number of hydrogen-bond acceptors (Lipinski definition) is 8. The van der Waals surface area contributed by atoms with Gasteiger partial charge >= 0.3 is 12.1 Å². The van der Waals surface area contributed by atoms with Crippen LogP contribution >= 0.6 is 0 Å². The largest absolute Gasteiger partial charge is 0.458 e. The summed E-state index contributed by atoms with van der Waals surface area (Å²) in [4.78, 5) is 44.1. The van der Waals surface area contributed by atoms with Crippen LogP contribution in [-0.2, 0) is 30.5 Å². The smallest absolute Gasteiger partial charge is 0.434 e. The number of aliphatic hydroxyl groups is 2. The highest BCUT2D eigenvalue weighted by Crippen LogP contribution is 2.30. The zero-order valence-electron chi connectivity index (χ0n) is 17.8. The van der Waals surface area contributed by atoms with Gasteiger partial charge in [-0.2, -0.15) is 5.06 Å². The molecule has 1 aromatic carbocycles. The van der Waals surface area contributed by atoms with Crippen LogP contribution in [0.1, 0.15) is 39.2 Å². The highest BCUT2D eigenvalue weighted by Gasteiger charge is 2.50. The van der Waals surface area contributed by atoms with E-state index >= 15 is 0 Å². The normalized spacial score (nSPS) is 26.7. The van der Waals surface area contributed by atoms with Crippen molar-refractivity contribution in [3.8, 4) is 0 Å². The second kappa shape index (κ2) is 9.21. The molecule has 2 amide bonds. The summed E-state index contributed by atoms with van der Waals surface area (Å²) in [6, 6.07) is 7.98. The summed E-state index contributed by atoms with van der Waals surface area (Å²) >= 11 is 0. The lowest BCUT2D eigenvalue weighted by molar-refractivity contribution is -0.297. The summed E-state index contributed by atoms with van der Waals surface area (Å²) < 4.78 is 10.6. The molecular weight excluding hydrogens is 408 g/mol. The molecule has 2 heterocycles. The molecule has 2 fully saturated rings. The van der Waals surface area contributed by atoms with Crippen molar-refractivity contribution in [2.45, 2.75) is 70.3 Å². The van der Waals surface area contributed by atoms with Crippen LogP contribution in [0.2, 0.25) is 0 Å². The van der Waals surface area contributed by atoms with Crippen molar-refractivity contribution in [2.24, 2.45) is 0 Å². The summed E-state index contributed by atoms with van der Waals surface area (Å²) in [5, 5.41) is 21.5. The monoisotopic (exact) mass is 436 g/mol. The van der Waals surface area contributed by atoms with E-state index < -0.39 is 48.0 Å². The quantitative estimate of drug-likeness (QED) is 0.669. The molecule has 10 heteroatoms. The van der Waals surface area contributed by atoms with E-state index in [0.717, 1.165) is 15.5 Å². The SMILES string of the molecule is CC(C)(C)OC(=O)[C@@H]1CCC(=O)N1[C@H]1ON(C(=O)OCc2ccccc2)C[C@H](O)[C@@H]1O. The van der Waals surface area contributed by atoms with E-state index in [1.807, 2.05) is 6.07 Å². The maximum absolute atomic E-state index is 12.6. The molecule has 1 aromatic rings. The minimum atomic E-state index is -1.52. The van der Waals surface area contributed by atoms with Crippen molar-refractivity contribution in [1.29, 1.82) is 0 Å². The Bertz CT molecular complexity index is 809. The first kappa shape index (κ1) is 23.0. The number of aliphatic hydroxyl groups excluding tert-OH is 2. The van der Waals surface area contributed by atoms with E-state index in [2.05, 4.69) is 0 Å². The average Bonchev–Trinajstić information content (AvgIpc) is 3.09. The molecule has 0 saturated carbocycles. The Labute approximate surface area is 180 Å². The molecule has 0 spiro atoms. The summed E-state index contributed by atoms with van der Waals surface area (Å²) in [6.07, 6.45) is -5.04. The molecule has 10 nitrogen and oxygen atoms in total. The standard InChI is InChI=1S/C21H28N2O8/c1-21(2,3)30-19(27)14-9-10-16(25)23(14)18-17(26)15(24)11-22(31-18)20(28)29-12-13-7-5-4-6-8-13/h4-8,14-15,17-18,24,26H,9-12H2,1-3H3/t14-,15-,17-,18-/m0/s1. The number of benzene rings is 1. The zero-order valence-corrected chi connectivity index (χ0v) is 17.8. The number of carbonyl (C=O) groups is 3. The van der Waals surface area contributed by atoms with E-state index in [1.54, 1.807) is 45.0 Å². The lowest BCUT2D eigenvalue weighted by atomic mass is 10.1. The van der Waals surface area contributed by atoms with E-state index in [1.165, 1.54) is 0 Å². The van der Waals surface area contributed by atoms with Crippen molar-refractivity contribution in [3.63, 3.8) is 0 Å². The van der Waals surface area contributed by atoms with Gasteiger partial charge in [-0.05, 0) is 32.8 Å². The summed E-state index contributed by atoms with van der Waals surface area (Å²) in [5.74, 6) is -1.10. The van der Waals surface area contributed by atoms with Crippen LogP contribution in [0.3, 0.4) is 0 Å². The van der Waals surface area contributed by atoms with Crippen molar-refractivity contribution in [1.82, 2.24) is 9.96 Å². The maximum Gasteiger partial charge on any atom is 0.434 e. The number of hydroxylamine groups is 2. The van der Waals surface area contributed by atoms with Crippen LogP contribution in [0, 0.1) is 0 Å². The van der Waals surface area contributed by atoms with Gasteiger partial charge in [0.25, 0.3) is 0 Å². The van der Waals surface area contributed by atoms with E-state index in [9.17, 15) is 24.6 Å². The third-order valence-electron chi connectivity index (χ3n) is 4.89. The molecule has 170 valence electrons. The summed E-state index contributed by atoms with van der Waals surface area (Å²) in [5.41, 5.74) is -0.0163. The summed E-state index contributed by atoms with van der Waals surface area (Å²) in [6.45, 7) is 4.72. The third kappa shape index (κ3) is 5.52. The molecule has 0 unspecified atom stereocenters. The first-order valence-corrected chi connectivity index (χ1v) is 10.1. The minimum Gasteiger partial charge on any atom is -0.458 e. The van der Waals surface area contributed by atoms with Gasteiger partial charge in [0.15, 0.2) is 6.23 Å². The highest BCUT2D eigenvalue weighted by molar-refractivity contribution is 5.88. The van der Waals surface area contributed by atoms with Crippen molar-refractivity contribution >= 4 is 18.0 Å². The molecule has 2 saturated heterocycles. The van der Waals surface area contributed by atoms with Crippen LogP contribution in [0.5, 0.6) is 0 Å². The molecule has 2 aliphatic rings. The molecule has 4 atom stereocenters. The third-order valence-corrected chi connectivity index (χ3v) is 4.89. The second-order valence-corrected chi connectivity index (χ2v) is 8.54. The first-order valence-electron chi connectivity index (χ1n) is 10.1. The Hall–Kier alpha value is -2.69. The minimum absolute atomic E-state index is 0.0218. The molecule has 0 bridgehead atoms. The number of nitrogens with zero attached hydrogens (tertiary/aromatic N) is 2. The number of likely N-dealkylation sites (tertiary alicyclic amines) is 1. The first-order chi connectivity index (χ1) is 14.6. The van der Waals surface area contributed by atoms with Gasteiger partial charge in [-0.25, -0.2) is 14.4 Å². The van der Waals surface area contributed by atoms with Gasteiger partial charge in [0.05, 0.1) is 6.54 Å². The number of carbonyl (C=O) groups excluding carboxylic acids is 3. The number of ether oxygens (including phenoxy) is 2. The van der Waals surface area contributed by atoms with Crippen molar-refractivity contribution < 1.29 is 38.9 Å². The number of hydrogen-bond donors (Lipinski definition) is 2. The molecule has 3 rings (SSSR count). The molecular formula is C21H28N2O8. The summed E-state index contributed by atoms with van der Waals surface area (Å²) in [7, 11) is 0. The van der Waals surface area contributed by atoms with Crippen LogP contribution in [0.4, 0.5) is 4.79 Å². The van der Waals surface area contributed by atoms with Gasteiger partial charge < -0.3 is 19.7 Å². The average molecular weight is 436 g/mol. The van der Waals surface area contributed by atoms with Crippen molar-refractivity contribution in [3.05, 3.63) is 35.9 Å². The van der Waals surface area contributed by atoms with E-state index in [0.29, 0.717) is 0 Å². The zero-order chi connectivity index (χ0) is 22.8. The van der Waals surface area contributed by atoms with Gasteiger partial charge in [0.1, 0.15) is 30.5 Å². The highest BCUT2D eigenvalue weighted by atomic mass is 16.8. The fourth-order valence-electron chi connectivity index (χ4n) is 3.45. The van der Waals surface area contributed by atoms with Gasteiger partial charge in [0, 0.05) is 6.42 Å². The predicted molar refractivity (Wildman–Crippen MR) is 106 cm³/mol. The van der Waals surface area contributed by atoms with Gasteiger partial charge in [-0.1, -0.05) is 30.3 Å². The fourth-order valence-corrected chi connectivity index (χ4v) is 3.45. The number of amides is 2. The van der Waals surface area contributed by atoms with Crippen LogP contribution < -0.4 is 0 Å². The second-order valence-electron chi connectivity index (χ2n) is 8.54. The molecule has 0 aromatic heterocycles.